The number of halogens is 5. The molecule has 6 heteroatoms. The molecule has 0 aromatic carbocycles. The van der Waals surface area contributed by atoms with E-state index in [-0.39, 0.29) is 5.69 Å². The topological polar surface area (TPSA) is 12.9 Å². The van der Waals surface area contributed by atoms with Crippen molar-refractivity contribution < 1.29 is 22.0 Å². The molecule has 0 N–H and O–H groups in total. The lowest BCUT2D eigenvalue weighted by molar-refractivity contribution is -0.281. The molecule has 0 bridgehead atoms. The predicted molar refractivity (Wildman–Crippen MR) is 43.7 cm³/mol. The van der Waals surface area contributed by atoms with Crippen molar-refractivity contribution in [3.63, 3.8) is 0 Å². The summed E-state index contributed by atoms with van der Waals surface area (Å²) < 4.78 is 60.6. The Bertz CT molecular complexity index is 327. The third-order valence-corrected chi connectivity index (χ3v) is 1.79. The van der Waals surface area contributed by atoms with Gasteiger partial charge in [0.05, 0.1) is 6.42 Å². The molecule has 0 unspecified atom stereocenters. The van der Waals surface area contributed by atoms with Crippen molar-refractivity contribution in [1.29, 1.82) is 0 Å². The van der Waals surface area contributed by atoms with Crippen LogP contribution >= 0.6 is 0 Å². The summed E-state index contributed by atoms with van der Waals surface area (Å²) in [5, 5.41) is 0. The summed E-state index contributed by atoms with van der Waals surface area (Å²) >= 11 is 0. The molecule has 1 nitrogen and oxygen atoms in total. The van der Waals surface area contributed by atoms with Crippen molar-refractivity contribution in [2.75, 3.05) is 0 Å². The third kappa shape index (κ3) is 2.87. The minimum Gasteiger partial charge on any atom is -0.261 e. The number of pyridine rings is 1. The van der Waals surface area contributed by atoms with Gasteiger partial charge in [-0.05, 0) is 18.6 Å². The van der Waals surface area contributed by atoms with E-state index in [0.717, 1.165) is 6.07 Å². The zero-order valence-electron chi connectivity index (χ0n) is 7.78. The molecule has 1 aromatic heterocycles. The predicted octanol–water partition coefficient (Wildman–Crippen LogP) is 3.13. The molecule has 0 radical (unpaired) electrons. The number of hydrogen-bond acceptors (Lipinski definition) is 1. The maximum atomic E-state index is 12.6. The van der Waals surface area contributed by atoms with Gasteiger partial charge in [-0.25, -0.2) is 0 Å². The average Bonchev–Trinajstić information content (AvgIpc) is 2.06. The Morgan fingerprint density at radius 2 is 1.73 bits per heavy atom. The fourth-order valence-corrected chi connectivity index (χ4v) is 0.931. The van der Waals surface area contributed by atoms with Gasteiger partial charge in [-0.15, -0.1) is 0 Å². The van der Waals surface area contributed by atoms with Gasteiger partial charge in [0.15, 0.2) is 0 Å². The van der Waals surface area contributed by atoms with Crippen LogP contribution in [0.5, 0.6) is 0 Å². The summed E-state index contributed by atoms with van der Waals surface area (Å²) in [5.41, 5.74) is 0.428. The van der Waals surface area contributed by atoms with Crippen LogP contribution in [0.2, 0.25) is 0 Å². The van der Waals surface area contributed by atoms with Crippen LogP contribution in [-0.4, -0.2) is 17.1 Å². The van der Waals surface area contributed by atoms with E-state index in [4.69, 9.17) is 0 Å². The smallest absolute Gasteiger partial charge is 0.261 e. The van der Waals surface area contributed by atoms with Crippen LogP contribution in [0.4, 0.5) is 22.0 Å². The average molecular weight is 225 g/mol. The lowest BCUT2D eigenvalue weighted by atomic mass is 10.1. The Labute approximate surface area is 82.9 Å². The van der Waals surface area contributed by atoms with E-state index in [1.54, 1.807) is 6.92 Å². The van der Waals surface area contributed by atoms with E-state index in [2.05, 4.69) is 4.98 Å². The first kappa shape index (κ1) is 11.9. The first-order valence-electron chi connectivity index (χ1n) is 4.08. The van der Waals surface area contributed by atoms with E-state index in [1.807, 2.05) is 0 Å². The van der Waals surface area contributed by atoms with E-state index >= 15 is 0 Å². The molecule has 1 rings (SSSR count). The maximum Gasteiger partial charge on any atom is 0.453 e. The molecule has 15 heavy (non-hydrogen) atoms. The number of alkyl halides is 5. The lowest BCUT2D eigenvalue weighted by Crippen LogP contribution is -2.38. The second-order valence-corrected chi connectivity index (χ2v) is 3.21. The molecule has 0 aliphatic rings. The molecule has 0 atom stereocenters. The molecule has 0 fully saturated rings. The van der Waals surface area contributed by atoms with Crippen LogP contribution in [0.15, 0.2) is 18.3 Å². The van der Waals surface area contributed by atoms with E-state index < -0.39 is 18.5 Å². The van der Waals surface area contributed by atoms with Crippen LogP contribution in [0.1, 0.15) is 11.3 Å². The van der Waals surface area contributed by atoms with Crippen LogP contribution in [0.3, 0.4) is 0 Å². The first-order chi connectivity index (χ1) is 6.72. The highest BCUT2D eigenvalue weighted by molar-refractivity contribution is 5.13. The van der Waals surface area contributed by atoms with Crippen LogP contribution in [0, 0.1) is 6.92 Å². The molecular weight excluding hydrogens is 217 g/mol. The highest BCUT2D eigenvalue weighted by atomic mass is 19.4. The Hall–Kier alpha value is -1.20. The van der Waals surface area contributed by atoms with Gasteiger partial charge in [-0.3, -0.25) is 4.98 Å². The largest absolute Gasteiger partial charge is 0.453 e. The normalized spacial score (nSPS) is 12.9. The van der Waals surface area contributed by atoms with Crippen LogP contribution in [-0.2, 0) is 6.42 Å². The van der Waals surface area contributed by atoms with Crippen molar-refractivity contribution in [2.24, 2.45) is 0 Å². The molecule has 0 spiro atoms. The zero-order valence-corrected chi connectivity index (χ0v) is 7.78. The SMILES string of the molecule is Cc1ccc(CC(F)(F)C(F)(F)F)nc1. The second kappa shape index (κ2) is 3.75. The van der Waals surface area contributed by atoms with Gasteiger partial charge >= 0.3 is 12.1 Å². The summed E-state index contributed by atoms with van der Waals surface area (Å²) in [6.45, 7) is 1.67. The molecule has 1 heterocycles. The Kier molecular flexibility index (Phi) is 2.97. The quantitative estimate of drug-likeness (QED) is 0.704. The van der Waals surface area contributed by atoms with Crippen molar-refractivity contribution in [1.82, 2.24) is 4.98 Å². The van der Waals surface area contributed by atoms with Crippen molar-refractivity contribution in [3.8, 4) is 0 Å². The first-order valence-corrected chi connectivity index (χ1v) is 4.08. The molecule has 0 saturated carbocycles. The van der Waals surface area contributed by atoms with Gasteiger partial charge in [0, 0.05) is 11.9 Å². The molecule has 0 aliphatic heterocycles. The van der Waals surface area contributed by atoms with E-state index in [9.17, 15) is 22.0 Å². The summed E-state index contributed by atoms with van der Waals surface area (Å²) in [4.78, 5) is 3.50. The van der Waals surface area contributed by atoms with Crippen LogP contribution < -0.4 is 0 Å². The number of rotatable bonds is 2. The van der Waals surface area contributed by atoms with Crippen molar-refractivity contribution >= 4 is 0 Å². The molecular formula is C9H8F5N. The van der Waals surface area contributed by atoms with Gasteiger partial charge in [0.2, 0.25) is 0 Å². The fraction of sp³-hybridized carbons (Fsp3) is 0.444. The molecule has 0 aliphatic carbocycles. The molecule has 0 saturated heterocycles. The Balaban J connectivity index is 2.82. The summed E-state index contributed by atoms with van der Waals surface area (Å²) in [5.74, 6) is -4.73. The Morgan fingerprint density at radius 3 is 2.13 bits per heavy atom. The lowest BCUT2D eigenvalue weighted by Gasteiger charge is -2.18. The van der Waals surface area contributed by atoms with E-state index in [0.29, 0.717) is 5.56 Å². The number of hydrogen-bond donors (Lipinski definition) is 0. The summed E-state index contributed by atoms with van der Waals surface area (Å²) in [6.07, 6.45) is -5.70. The minimum absolute atomic E-state index is 0.275. The van der Waals surface area contributed by atoms with Gasteiger partial charge in [-0.1, -0.05) is 6.07 Å². The van der Waals surface area contributed by atoms with Gasteiger partial charge < -0.3 is 0 Å². The fourth-order valence-electron chi connectivity index (χ4n) is 0.931. The summed E-state index contributed by atoms with van der Waals surface area (Å²) in [7, 11) is 0. The van der Waals surface area contributed by atoms with Gasteiger partial charge in [0.1, 0.15) is 0 Å². The highest BCUT2D eigenvalue weighted by Gasteiger charge is 2.57. The third-order valence-electron chi connectivity index (χ3n) is 1.79. The minimum atomic E-state index is -5.53. The summed E-state index contributed by atoms with van der Waals surface area (Å²) in [6, 6.07) is 2.60. The maximum absolute atomic E-state index is 12.6. The molecule has 0 amide bonds. The number of aryl methyl sites for hydroxylation is 1. The Morgan fingerprint density at radius 1 is 1.13 bits per heavy atom. The van der Waals surface area contributed by atoms with Crippen LogP contribution in [0.25, 0.3) is 0 Å². The monoisotopic (exact) mass is 225 g/mol. The zero-order chi connectivity index (χ0) is 11.7. The molecule has 84 valence electrons. The standard InChI is InChI=1S/C9H8F5N/c1-6-2-3-7(15-5-6)4-8(10,11)9(12,13)14/h2-3,5H,4H2,1H3. The van der Waals surface area contributed by atoms with Crippen molar-refractivity contribution in [3.05, 3.63) is 29.6 Å². The van der Waals surface area contributed by atoms with E-state index in [1.165, 1.54) is 12.3 Å². The van der Waals surface area contributed by atoms with Gasteiger partial charge in [0.25, 0.3) is 0 Å². The number of aromatic nitrogens is 1. The van der Waals surface area contributed by atoms with Gasteiger partial charge in [-0.2, -0.15) is 22.0 Å². The highest BCUT2D eigenvalue weighted by Crippen LogP contribution is 2.37. The molecule has 1 aromatic rings. The number of nitrogens with zero attached hydrogens (tertiary/aromatic N) is 1. The van der Waals surface area contributed by atoms with Crippen molar-refractivity contribution in [2.45, 2.75) is 25.4 Å². The second-order valence-electron chi connectivity index (χ2n) is 3.21.